The average Bonchev–Trinajstić information content (AvgIpc) is 2.71. The molecule has 3 rings (SSSR count). The van der Waals surface area contributed by atoms with Crippen molar-refractivity contribution in [3.8, 4) is 5.75 Å². The third-order valence-electron chi connectivity index (χ3n) is 5.87. The molecule has 0 saturated carbocycles. The Hall–Kier alpha value is -2.04. The number of rotatable bonds is 8. The van der Waals surface area contributed by atoms with Gasteiger partial charge in [-0.05, 0) is 63.4 Å². The van der Waals surface area contributed by atoms with Crippen LogP contribution in [0, 0.1) is 0 Å². The first-order chi connectivity index (χ1) is 13.5. The molecule has 1 fully saturated rings. The Bertz CT molecular complexity index is 757. The molecule has 4 heteroatoms. The van der Waals surface area contributed by atoms with Crippen molar-refractivity contribution in [1.82, 2.24) is 5.32 Å². The normalized spacial score (nSPS) is 21.3. The summed E-state index contributed by atoms with van der Waals surface area (Å²) < 4.78 is 11.8. The summed E-state index contributed by atoms with van der Waals surface area (Å²) in [7, 11) is 3.71. The van der Waals surface area contributed by atoms with E-state index in [0.29, 0.717) is 0 Å². The van der Waals surface area contributed by atoms with Crippen LogP contribution >= 0.6 is 0 Å². The Morgan fingerprint density at radius 1 is 1.07 bits per heavy atom. The maximum Gasteiger partial charge on any atom is 0.122 e. The second-order valence-corrected chi connectivity index (χ2v) is 8.39. The van der Waals surface area contributed by atoms with Crippen molar-refractivity contribution >= 4 is 5.69 Å². The van der Waals surface area contributed by atoms with E-state index >= 15 is 0 Å². The van der Waals surface area contributed by atoms with Crippen LogP contribution in [-0.4, -0.2) is 32.9 Å². The molecule has 4 nitrogen and oxygen atoms in total. The van der Waals surface area contributed by atoms with E-state index in [0.717, 1.165) is 50.4 Å². The average molecular weight is 383 g/mol. The Kier molecular flexibility index (Phi) is 6.63. The van der Waals surface area contributed by atoms with E-state index < -0.39 is 0 Å². The van der Waals surface area contributed by atoms with Gasteiger partial charge in [0.05, 0.1) is 12.7 Å². The number of methoxy groups -OCH3 is 1. The molecule has 2 aromatic carbocycles. The van der Waals surface area contributed by atoms with E-state index in [-0.39, 0.29) is 11.0 Å². The third kappa shape index (κ3) is 4.86. The van der Waals surface area contributed by atoms with Gasteiger partial charge < -0.3 is 20.1 Å². The standard InChI is InChI=1S/C24H34N2O2/c1-23(2)18-24(14-16-28-23,21-7-5-6-8-22(21)27-4)13-15-26-17-19-9-11-20(25-3)12-10-19/h5-12,25-26H,13-18H2,1-4H3. The first kappa shape index (κ1) is 20.7. The van der Waals surface area contributed by atoms with Gasteiger partial charge in [0.15, 0.2) is 0 Å². The van der Waals surface area contributed by atoms with Crippen molar-refractivity contribution in [2.75, 3.05) is 32.6 Å². The minimum Gasteiger partial charge on any atom is -0.496 e. The second kappa shape index (κ2) is 8.97. The fourth-order valence-corrected chi connectivity index (χ4v) is 4.49. The van der Waals surface area contributed by atoms with Gasteiger partial charge in [0.25, 0.3) is 0 Å². The molecule has 0 amide bonds. The fraction of sp³-hybridized carbons (Fsp3) is 0.500. The molecular weight excluding hydrogens is 348 g/mol. The van der Waals surface area contributed by atoms with Gasteiger partial charge in [0.1, 0.15) is 5.75 Å². The van der Waals surface area contributed by atoms with Crippen LogP contribution < -0.4 is 15.4 Å². The number of hydrogen-bond acceptors (Lipinski definition) is 4. The summed E-state index contributed by atoms with van der Waals surface area (Å²) in [5, 5.41) is 6.81. The summed E-state index contributed by atoms with van der Waals surface area (Å²) in [4.78, 5) is 0. The molecule has 1 aliphatic rings. The summed E-state index contributed by atoms with van der Waals surface area (Å²) in [6.07, 6.45) is 3.09. The maximum atomic E-state index is 6.05. The van der Waals surface area contributed by atoms with Gasteiger partial charge in [-0.2, -0.15) is 0 Å². The van der Waals surface area contributed by atoms with Gasteiger partial charge >= 0.3 is 0 Å². The zero-order valence-corrected chi connectivity index (χ0v) is 17.7. The monoisotopic (exact) mass is 382 g/mol. The van der Waals surface area contributed by atoms with E-state index in [4.69, 9.17) is 9.47 Å². The van der Waals surface area contributed by atoms with Gasteiger partial charge in [-0.25, -0.2) is 0 Å². The SMILES string of the molecule is CNc1ccc(CNCCC2(c3ccccc3OC)CCOC(C)(C)C2)cc1. The highest BCUT2D eigenvalue weighted by Crippen LogP contribution is 2.46. The minimum absolute atomic E-state index is 0.0668. The summed E-state index contributed by atoms with van der Waals surface area (Å²) >= 11 is 0. The van der Waals surface area contributed by atoms with Crippen molar-refractivity contribution in [2.24, 2.45) is 0 Å². The molecule has 0 bridgehead atoms. The van der Waals surface area contributed by atoms with E-state index in [1.165, 1.54) is 11.1 Å². The van der Waals surface area contributed by atoms with Crippen molar-refractivity contribution < 1.29 is 9.47 Å². The highest BCUT2D eigenvalue weighted by molar-refractivity contribution is 5.44. The van der Waals surface area contributed by atoms with Gasteiger partial charge in [-0.1, -0.05) is 30.3 Å². The largest absolute Gasteiger partial charge is 0.496 e. The molecule has 1 heterocycles. The first-order valence-corrected chi connectivity index (χ1v) is 10.2. The van der Waals surface area contributed by atoms with Crippen molar-refractivity contribution in [1.29, 1.82) is 0 Å². The van der Waals surface area contributed by atoms with Gasteiger partial charge in [-0.15, -0.1) is 0 Å². The molecule has 2 aromatic rings. The zero-order valence-electron chi connectivity index (χ0n) is 17.7. The molecule has 0 spiro atoms. The predicted octanol–water partition coefficient (Wildman–Crippen LogP) is 4.74. The predicted molar refractivity (Wildman–Crippen MR) is 116 cm³/mol. The molecule has 1 saturated heterocycles. The maximum absolute atomic E-state index is 6.05. The Morgan fingerprint density at radius 2 is 1.82 bits per heavy atom. The lowest BCUT2D eigenvalue weighted by molar-refractivity contribution is -0.0843. The Morgan fingerprint density at radius 3 is 2.50 bits per heavy atom. The number of anilines is 1. The fourth-order valence-electron chi connectivity index (χ4n) is 4.49. The van der Waals surface area contributed by atoms with Crippen LogP contribution in [-0.2, 0) is 16.7 Å². The third-order valence-corrected chi connectivity index (χ3v) is 5.87. The van der Waals surface area contributed by atoms with E-state index in [1.807, 2.05) is 13.1 Å². The topological polar surface area (TPSA) is 42.5 Å². The van der Waals surface area contributed by atoms with Crippen LogP contribution in [0.2, 0.25) is 0 Å². The first-order valence-electron chi connectivity index (χ1n) is 10.2. The summed E-state index contributed by atoms with van der Waals surface area (Å²) in [5.41, 5.74) is 3.70. The molecule has 0 aliphatic carbocycles. The number of hydrogen-bond donors (Lipinski definition) is 2. The van der Waals surface area contributed by atoms with Crippen molar-refractivity contribution in [3.63, 3.8) is 0 Å². The lowest BCUT2D eigenvalue weighted by Crippen LogP contribution is -2.45. The molecule has 28 heavy (non-hydrogen) atoms. The van der Waals surface area contributed by atoms with E-state index in [9.17, 15) is 0 Å². The summed E-state index contributed by atoms with van der Waals surface area (Å²) in [6.45, 7) is 7.03. The Labute approximate surface area is 169 Å². The number of para-hydroxylation sites is 1. The smallest absolute Gasteiger partial charge is 0.122 e. The summed E-state index contributed by atoms with van der Waals surface area (Å²) in [5.74, 6) is 0.989. The summed E-state index contributed by atoms with van der Waals surface area (Å²) in [6, 6.07) is 17.1. The van der Waals surface area contributed by atoms with Gasteiger partial charge in [0, 0.05) is 36.9 Å². The van der Waals surface area contributed by atoms with Crippen molar-refractivity contribution in [2.45, 2.75) is 50.7 Å². The molecule has 0 aromatic heterocycles. The van der Waals surface area contributed by atoms with Crippen LogP contribution in [0.5, 0.6) is 5.75 Å². The van der Waals surface area contributed by atoms with Crippen molar-refractivity contribution in [3.05, 3.63) is 59.7 Å². The van der Waals surface area contributed by atoms with Crippen LogP contribution in [0.15, 0.2) is 48.5 Å². The van der Waals surface area contributed by atoms with E-state index in [2.05, 4.69) is 66.9 Å². The number of ether oxygens (including phenoxy) is 2. The molecule has 1 atom stereocenters. The minimum atomic E-state index is -0.123. The van der Waals surface area contributed by atoms with E-state index in [1.54, 1.807) is 7.11 Å². The lowest BCUT2D eigenvalue weighted by Gasteiger charge is -2.46. The molecule has 152 valence electrons. The lowest BCUT2D eigenvalue weighted by atomic mass is 9.67. The molecule has 1 aliphatic heterocycles. The highest BCUT2D eigenvalue weighted by atomic mass is 16.5. The van der Waals surface area contributed by atoms with Crippen LogP contribution in [0.4, 0.5) is 5.69 Å². The molecule has 2 N–H and O–H groups in total. The molecular formula is C24H34N2O2. The quantitative estimate of drug-likeness (QED) is 0.647. The van der Waals surface area contributed by atoms with Gasteiger partial charge in [-0.3, -0.25) is 0 Å². The number of benzene rings is 2. The van der Waals surface area contributed by atoms with Crippen LogP contribution in [0.3, 0.4) is 0 Å². The molecule has 0 radical (unpaired) electrons. The number of nitrogens with one attached hydrogen (secondary N) is 2. The highest BCUT2D eigenvalue weighted by Gasteiger charge is 2.43. The van der Waals surface area contributed by atoms with Gasteiger partial charge in [0.2, 0.25) is 0 Å². The molecule has 1 unspecified atom stereocenters. The van der Waals surface area contributed by atoms with Crippen LogP contribution in [0.25, 0.3) is 0 Å². The Balaban J connectivity index is 1.71. The van der Waals surface area contributed by atoms with Crippen LogP contribution in [0.1, 0.15) is 44.2 Å². The zero-order chi connectivity index (χ0) is 20.0. The second-order valence-electron chi connectivity index (χ2n) is 8.39.